The van der Waals surface area contributed by atoms with E-state index in [0.717, 1.165) is 17.7 Å². The van der Waals surface area contributed by atoms with Gasteiger partial charge in [-0.2, -0.15) is 0 Å². The molecule has 0 aliphatic carbocycles. The maximum absolute atomic E-state index is 13.5. The molecule has 2 aromatic carbocycles. The zero-order chi connectivity index (χ0) is 17.4. The molecule has 4 nitrogen and oxygen atoms in total. The molecular weight excluding hydrogens is 316 g/mol. The molecule has 0 saturated heterocycles. The quantitative estimate of drug-likeness (QED) is 0.875. The molecule has 0 bridgehead atoms. The minimum Gasteiger partial charge on any atom is -0.491 e. The lowest BCUT2D eigenvalue weighted by Gasteiger charge is -2.04. The summed E-state index contributed by atoms with van der Waals surface area (Å²) in [5.41, 5.74) is 1.01. The monoisotopic (exact) mass is 331 g/mol. The van der Waals surface area contributed by atoms with Crippen LogP contribution in [0.25, 0.3) is 0 Å². The lowest BCUT2D eigenvalue weighted by molar-refractivity contribution is 0.141. The van der Waals surface area contributed by atoms with Crippen LogP contribution in [0.1, 0.15) is 11.1 Å². The molecule has 0 unspecified atom stereocenters. The maximum atomic E-state index is 13.5. The normalized spacial score (nSPS) is 9.62. The van der Waals surface area contributed by atoms with Crippen molar-refractivity contribution in [3.8, 4) is 17.6 Å². The predicted octanol–water partition coefficient (Wildman–Crippen LogP) is 3.25. The average Bonchev–Trinajstić information content (AvgIpc) is 2.57. The average molecular weight is 331 g/mol. The lowest BCUT2D eigenvalue weighted by Crippen LogP contribution is -2.24. The maximum Gasteiger partial charge on any atom is 0.408 e. The Morgan fingerprint density at radius 3 is 2.46 bits per heavy atom. The number of rotatable bonds is 4. The first-order chi connectivity index (χ1) is 11.6. The van der Waals surface area contributed by atoms with Crippen molar-refractivity contribution >= 4 is 6.09 Å². The number of carbonyl (C=O) groups excluding carboxylic acids is 1. The molecule has 0 radical (unpaired) electrons. The largest absolute Gasteiger partial charge is 0.491 e. The molecule has 0 saturated carbocycles. The zero-order valence-corrected chi connectivity index (χ0v) is 12.9. The second-order valence-corrected chi connectivity index (χ2v) is 4.69. The van der Waals surface area contributed by atoms with Gasteiger partial charge >= 0.3 is 6.09 Å². The molecule has 2 rings (SSSR count). The molecule has 6 heteroatoms. The molecule has 1 N–H and O–H groups in total. The van der Waals surface area contributed by atoms with E-state index in [1.165, 1.54) is 7.11 Å². The number of halogens is 2. The van der Waals surface area contributed by atoms with E-state index >= 15 is 0 Å². The Labute approximate surface area is 138 Å². The lowest BCUT2D eigenvalue weighted by atomic mass is 10.2. The number of ether oxygens (including phenoxy) is 2. The van der Waals surface area contributed by atoms with Crippen molar-refractivity contribution in [1.29, 1.82) is 0 Å². The van der Waals surface area contributed by atoms with Crippen LogP contribution in [0, 0.1) is 23.5 Å². The zero-order valence-electron chi connectivity index (χ0n) is 12.9. The molecule has 124 valence electrons. The topological polar surface area (TPSA) is 47.6 Å². The third kappa shape index (κ3) is 4.99. The highest BCUT2D eigenvalue weighted by atomic mass is 19.1. The third-order valence-corrected chi connectivity index (χ3v) is 2.97. The first-order valence-corrected chi connectivity index (χ1v) is 7.06. The second kappa shape index (κ2) is 8.53. The molecule has 1 amide bonds. The first kappa shape index (κ1) is 17.3. The smallest absolute Gasteiger partial charge is 0.408 e. The Kier molecular flexibility index (Phi) is 6.15. The summed E-state index contributed by atoms with van der Waals surface area (Å²) in [4.78, 5) is 11.5. The van der Waals surface area contributed by atoms with E-state index in [1.807, 2.05) is 30.3 Å². The highest BCUT2D eigenvalue weighted by Crippen LogP contribution is 2.22. The molecule has 0 spiro atoms. The fourth-order valence-electron chi connectivity index (χ4n) is 1.86. The van der Waals surface area contributed by atoms with Gasteiger partial charge in [0, 0.05) is 5.56 Å². The van der Waals surface area contributed by atoms with E-state index in [0.29, 0.717) is 0 Å². The van der Waals surface area contributed by atoms with E-state index in [1.54, 1.807) is 0 Å². The van der Waals surface area contributed by atoms with Gasteiger partial charge in [-0.3, -0.25) is 0 Å². The molecule has 0 aliphatic rings. The van der Waals surface area contributed by atoms with Crippen molar-refractivity contribution in [2.75, 3.05) is 13.7 Å². The summed E-state index contributed by atoms with van der Waals surface area (Å²) in [7, 11) is 1.18. The highest BCUT2D eigenvalue weighted by Gasteiger charge is 2.10. The summed E-state index contributed by atoms with van der Waals surface area (Å²) in [6, 6.07) is 11.3. The van der Waals surface area contributed by atoms with Gasteiger partial charge in [0.25, 0.3) is 0 Å². The van der Waals surface area contributed by atoms with Crippen LogP contribution in [0.5, 0.6) is 5.75 Å². The van der Waals surface area contributed by atoms with E-state index < -0.39 is 23.5 Å². The van der Waals surface area contributed by atoms with Crippen LogP contribution in [-0.2, 0) is 11.3 Å². The van der Waals surface area contributed by atoms with Gasteiger partial charge in [-0.15, -0.1) is 0 Å². The second-order valence-electron chi connectivity index (χ2n) is 4.69. The van der Waals surface area contributed by atoms with Crippen LogP contribution in [0.2, 0.25) is 0 Å². The Balaban J connectivity index is 1.82. The molecule has 0 aliphatic heterocycles. The molecule has 24 heavy (non-hydrogen) atoms. The fourth-order valence-corrected chi connectivity index (χ4v) is 1.86. The van der Waals surface area contributed by atoms with E-state index in [2.05, 4.69) is 21.9 Å². The summed E-state index contributed by atoms with van der Waals surface area (Å²) < 4.78 is 36.5. The predicted molar refractivity (Wildman–Crippen MR) is 84.4 cm³/mol. The number of hydrogen-bond donors (Lipinski definition) is 1. The summed E-state index contributed by atoms with van der Waals surface area (Å²) >= 11 is 0. The Morgan fingerprint density at radius 2 is 1.83 bits per heavy atom. The van der Waals surface area contributed by atoms with Crippen LogP contribution in [0.3, 0.4) is 0 Å². The van der Waals surface area contributed by atoms with Gasteiger partial charge in [-0.1, -0.05) is 42.2 Å². The number of hydrogen-bond acceptors (Lipinski definition) is 3. The number of amides is 1. The van der Waals surface area contributed by atoms with E-state index in [-0.39, 0.29) is 18.7 Å². The van der Waals surface area contributed by atoms with E-state index in [9.17, 15) is 13.6 Å². The SMILES string of the molecule is COc1c(F)cc(C#CCNC(=O)OCc2ccccc2)cc1F. The molecule has 0 heterocycles. The molecule has 2 aromatic rings. The number of methoxy groups -OCH3 is 1. The van der Waals surface area contributed by atoms with Crippen molar-refractivity contribution in [2.24, 2.45) is 0 Å². The first-order valence-electron chi connectivity index (χ1n) is 7.06. The summed E-state index contributed by atoms with van der Waals surface area (Å²) in [5.74, 6) is 3.01. The number of carbonyl (C=O) groups is 1. The van der Waals surface area contributed by atoms with Crippen molar-refractivity contribution in [3.63, 3.8) is 0 Å². The van der Waals surface area contributed by atoms with Crippen molar-refractivity contribution < 1.29 is 23.0 Å². The minimum absolute atomic E-state index is 0.0110. The third-order valence-electron chi connectivity index (χ3n) is 2.97. The molecule has 0 fully saturated rings. The van der Waals surface area contributed by atoms with Crippen LogP contribution in [0.15, 0.2) is 42.5 Å². The van der Waals surface area contributed by atoms with Gasteiger partial charge in [0.15, 0.2) is 17.4 Å². The van der Waals surface area contributed by atoms with Gasteiger partial charge in [0.2, 0.25) is 0 Å². The Bertz CT molecular complexity index is 744. The summed E-state index contributed by atoms with van der Waals surface area (Å²) in [6.45, 7) is 0.137. The minimum atomic E-state index is -0.836. The molecular formula is C18H15F2NO3. The van der Waals surface area contributed by atoms with Gasteiger partial charge in [-0.05, 0) is 17.7 Å². The van der Waals surface area contributed by atoms with Gasteiger partial charge in [-0.25, -0.2) is 13.6 Å². The fraction of sp³-hybridized carbons (Fsp3) is 0.167. The highest BCUT2D eigenvalue weighted by molar-refractivity contribution is 5.67. The van der Waals surface area contributed by atoms with Crippen molar-refractivity contribution in [2.45, 2.75) is 6.61 Å². The van der Waals surface area contributed by atoms with Crippen LogP contribution >= 0.6 is 0 Å². The molecule has 0 aromatic heterocycles. The van der Waals surface area contributed by atoms with E-state index in [4.69, 9.17) is 4.74 Å². The Morgan fingerprint density at radius 1 is 1.17 bits per heavy atom. The van der Waals surface area contributed by atoms with Gasteiger partial charge < -0.3 is 14.8 Å². The van der Waals surface area contributed by atoms with Crippen molar-refractivity contribution in [1.82, 2.24) is 5.32 Å². The number of nitrogens with one attached hydrogen (secondary N) is 1. The van der Waals surface area contributed by atoms with Crippen LogP contribution in [-0.4, -0.2) is 19.7 Å². The summed E-state index contributed by atoms with van der Waals surface area (Å²) in [6.07, 6.45) is -0.625. The number of benzene rings is 2. The standard InChI is InChI=1S/C18H15F2NO3/c1-23-17-15(19)10-14(11-16(17)20)8-5-9-21-18(22)24-12-13-6-3-2-4-7-13/h2-4,6-7,10-11H,9,12H2,1H3,(H,21,22). The summed E-state index contributed by atoms with van der Waals surface area (Å²) in [5, 5.41) is 2.43. The number of alkyl carbamates (subject to hydrolysis) is 1. The van der Waals surface area contributed by atoms with Gasteiger partial charge in [0.1, 0.15) is 6.61 Å². The van der Waals surface area contributed by atoms with Gasteiger partial charge in [0.05, 0.1) is 13.7 Å². The van der Waals surface area contributed by atoms with Crippen LogP contribution < -0.4 is 10.1 Å². The van der Waals surface area contributed by atoms with Crippen molar-refractivity contribution in [3.05, 3.63) is 65.2 Å². The molecule has 0 atom stereocenters. The van der Waals surface area contributed by atoms with Crippen LogP contribution in [0.4, 0.5) is 13.6 Å². The Hall–Kier alpha value is -3.07.